The van der Waals surface area contributed by atoms with Gasteiger partial charge in [-0.3, -0.25) is 24.5 Å². The average Bonchev–Trinajstić information content (AvgIpc) is 2.84. The summed E-state index contributed by atoms with van der Waals surface area (Å²) in [5.74, 6) is -3.92. The van der Waals surface area contributed by atoms with Crippen LogP contribution in [0.5, 0.6) is 11.5 Å². The van der Waals surface area contributed by atoms with Gasteiger partial charge in [0, 0.05) is 30.8 Å². The first-order chi connectivity index (χ1) is 18.0. The smallest absolute Gasteiger partial charge is 0.499 e. The van der Waals surface area contributed by atoms with Crippen LogP contribution < -0.4 is 4.74 Å². The van der Waals surface area contributed by atoms with Gasteiger partial charge in [-0.1, -0.05) is 0 Å². The summed E-state index contributed by atoms with van der Waals surface area (Å²) in [6.45, 7) is 7.31. The van der Waals surface area contributed by atoms with E-state index in [1.807, 2.05) is 0 Å². The lowest BCUT2D eigenvalue weighted by atomic mass is 10.0. The van der Waals surface area contributed by atoms with Gasteiger partial charge < -0.3 is 29.0 Å². The van der Waals surface area contributed by atoms with Crippen LogP contribution in [-0.4, -0.2) is 71.3 Å². The third-order valence-electron chi connectivity index (χ3n) is 4.88. The fourth-order valence-corrected chi connectivity index (χ4v) is 3.11. The van der Waals surface area contributed by atoms with E-state index >= 15 is 0 Å². The molecule has 0 bridgehead atoms. The summed E-state index contributed by atoms with van der Waals surface area (Å²) in [6.07, 6.45) is -2.99. The molecule has 14 nitrogen and oxygen atoms in total. The number of benzene rings is 1. The summed E-state index contributed by atoms with van der Waals surface area (Å²) in [5.41, 5.74) is -1.42. The Hall–Kier alpha value is -4.67. The van der Waals surface area contributed by atoms with E-state index in [0.29, 0.717) is 13.1 Å². The molecule has 0 fully saturated rings. The molecule has 1 aromatic rings. The third kappa shape index (κ3) is 9.41. The quantitative estimate of drug-likeness (QED) is 0.0738. The molecule has 1 aromatic carbocycles. The molecule has 0 aliphatic heterocycles. The summed E-state index contributed by atoms with van der Waals surface area (Å²) in [4.78, 5) is 60.5. The number of carbonyl (C=O) groups is 4. The molecule has 1 N–H and O–H groups in total. The first-order valence-corrected chi connectivity index (χ1v) is 11.6. The van der Waals surface area contributed by atoms with E-state index in [-0.39, 0.29) is 24.4 Å². The van der Waals surface area contributed by atoms with E-state index in [1.165, 1.54) is 4.90 Å². The van der Waals surface area contributed by atoms with Gasteiger partial charge in [0.1, 0.15) is 6.10 Å². The highest BCUT2D eigenvalue weighted by Gasteiger charge is 2.28. The van der Waals surface area contributed by atoms with Crippen LogP contribution in [0, 0.1) is 21.4 Å². The van der Waals surface area contributed by atoms with Crippen LogP contribution in [0.1, 0.15) is 46.1 Å². The molecule has 0 heterocycles. The average molecular weight is 536 g/mol. The number of phenols is 1. The van der Waals surface area contributed by atoms with Crippen molar-refractivity contribution < 1.29 is 48.2 Å². The Morgan fingerprint density at radius 2 is 1.63 bits per heavy atom. The zero-order valence-electron chi connectivity index (χ0n) is 21.4. The first-order valence-electron chi connectivity index (χ1n) is 11.6. The number of amides is 1. The lowest BCUT2D eigenvalue weighted by molar-refractivity contribution is -0.385. The van der Waals surface area contributed by atoms with Crippen LogP contribution in [0.3, 0.4) is 0 Å². The van der Waals surface area contributed by atoms with Gasteiger partial charge in [0.25, 0.3) is 0 Å². The highest BCUT2D eigenvalue weighted by molar-refractivity contribution is 5.99. The predicted molar refractivity (Wildman–Crippen MR) is 130 cm³/mol. The van der Waals surface area contributed by atoms with E-state index in [9.17, 15) is 39.7 Å². The largest absolute Gasteiger partial charge is 0.514 e. The Morgan fingerprint density at radius 1 is 1.08 bits per heavy atom. The van der Waals surface area contributed by atoms with Crippen molar-refractivity contribution in [2.45, 2.75) is 46.6 Å². The van der Waals surface area contributed by atoms with Gasteiger partial charge in [-0.05, 0) is 33.8 Å². The van der Waals surface area contributed by atoms with Gasteiger partial charge >= 0.3 is 23.8 Å². The number of rotatable bonds is 13. The number of nitro benzene ring substituents is 1. The first kappa shape index (κ1) is 31.4. The number of ether oxygens (including phenoxy) is 4. The Kier molecular flexibility index (Phi) is 12.7. The van der Waals surface area contributed by atoms with Crippen LogP contribution in [0.15, 0.2) is 18.2 Å². The van der Waals surface area contributed by atoms with E-state index in [2.05, 4.69) is 0 Å². The van der Waals surface area contributed by atoms with Crippen LogP contribution in [0.2, 0.25) is 0 Å². The molecule has 1 rings (SSSR count). The lowest BCUT2D eigenvalue weighted by Crippen LogP contribution is -2.28. The summed E-state index contributed by atoms with van der Waals surface area (Å²) < 4.78 is 19.5. The molecule has 0 spiro atoms. The number of hydrogen-bond acceptors (Lipinski definition) is 12. The van der Waals surface area contributed by atoms with Crippen molar-refractivity contribution in [2.75, 3.05) is 26.3 Å². The van der Waals surface area contributed by atoms with Crippen molar-refractivity contribution in [3.05, 3.63) is 33.9 Å². The van der Waals surface area contributed by atoms with Crippen LogP contribution in [0.25, 0.3) is 5.57 Å². The maximum Gasteiger partial charge on any atom is 0.514 e. The fourth-order valence-electron chi connectivity index (χ4n) is 3.11. The second-order valence-electron chi connectivity index (χ2n) is 7.39. The van der Waals surface area contributed by atoms with E-state index in [1.54, 1.807) is 33.8 Å². The summed E-state index contributed by atoms with van der Waals surface area (Å²) in [7, 11) is 0. The van der Waals surface area contributed by atoms with Crippen LogP contribution >= 0.6 is 0 Å². The van der Waals surface area contributed by atoms with E-state index < -0.39 is 65.1 Å². The van der Waals surface area contributed by atoms with E-state index in [0.717, 1.165) is 18.2 Å². The molecule has 38 heavy (non-hydrogen) atoms. The van der Waals surface area contributed by atoms with Crippen molar-refractivity contribution in [3.8, 4) is 17.6 Å². The molecular formula is C24H29N3O11. The maximum atomic E-state index is 12.5. The van der Waals surface area contributed by atoms with Crippen molar-refractivity contribution in [1.82, 2.24) is 4.90 Å². The van der Waals surface area contributed by atoms with Crippen molar-refractivity contribution in [2.24, 2.45) is 0 Å². The summed E-state index contributed by atoms with van der Waals surface area (Å²) in [6, 6.07) is 3.52. The molecule has 206 valence electrons. The predicted octanol–water partition coefficient (Wildman–Crippen LogP) is 2.87. The van der Waals surface area contributed by atoms with Crippen LogP contribution in [0.4, 0.5) is 10.5 Å². The summed E-state index contributed by atoms with van der Waals surface area (Å²) in [5, 5.41) is 31.3. The standard InChI is InChI=1S/C24H29N3O11/c1-5-26(6-2)20(28)11-16(14-25)15-9-18(27(33)34)23(31)19(10-15)38-24(32)37-17(12-21(29)35-7-3)13-22(30)36-8-4/h9-11,17,31H,5-8,12-13H2,1-4H3/b16-11-. The highest BCUT2D eigenvalue weighted by Crippen LogP contribution is 2.39. The Bertz CT molecular complexity index is 1100. The van der Waals surface area contributed by atoms with Gasteiger partial charge in [0.05, 0.1) is 42.6 Å². The van der Waals surface area contributed by atoms with Crippen molar-refractivity contribution in [1.29, 1.82) is 5.26 Å². The molecule has 1 amide bonds. The fraction of sp³-hybridized carbons (Fsp3) is 0.458. The Balaban J connectivity index is 3.34. The molecule has 0 saturated heterocycles. The molecule has 0 saturated carbocycles. The number of nitriles is 1. The number of aromatic hydroxyl groups is 1. The third-order valence-corrected chi connectivity index (χ3v) is 4.88. The minimum atomic E-state index is -1.52. The SMILES string of the molecule is CCOC(=O)CC(CC(=O)OCC)OC(=O)Oc1cc(/C(C#N)=C\C(=O)N(CC)CC)cc([N+](=O)[O-])c1O. The van der Waals surface area contributed by atoms with Crippen LogP contribution in [-0.2, 0) is 28.6 Å². The highest BCUT2D eigenvalue weighted by atomic mass is 16.7. The second-order valence-corrected chi connectivity index (χ2v) is 7.39. The Morgan fingerprint density at radius 3 is 2.08 bits per heavy atom. The molecule has 0 aliphatic rings. The molecule has 0 aliphatic carbocycles. The second kappa shape index (κ2) is 15.4. The van der Waals surface area contributed by atoms with Gasteiger partial charge in [-0.15, -0.1) is 0 Å². The van der Waals surface area contributed by atoms with E-state index in [4.69, 9.17) is 18.9 Å². The van der Waals surface area contributed by atoms with Gasteiger partial charge in [-0.2, -0.15) is 5.26 Å². The molecule has 0 atom stereocenters. The van der Waals surface area contributed by atoms with Crippen molar-refractivity contribution >= 4 is 35.3 Å². The normalized spacial score (nSPS) is 10.8. The topological polar surface area (TPSA) is 196 Å². The molecule has 0 unspecified atom stereocenters. The van der Waals surface area contributed by atoms with Gasteiger partial charge in [-0.25, -0.2) is 4.79 Å². The number of allylic oxidation sites excluding steroid dienone is 1. The maximum absolute atomic E-state index is 12.5. The molecule has 0 aromatic heterocycles. The number of carbonyl (C=O) groups excluding carboxylic acids is 4. The number of esters is 2. The zero-order valence-corrected chi connectivity index (χ0v) is 21.4. The van der Waals surface area contributed by atoms with Gasteiger partial charge in [0.15, 0.2) is 5.75 Å². The van der Waals surface area contributed by atoms with Gasteiger partial charge in [0.2, 0.25) is 11.7 Å². The number of hydrogen-bond donors (Lipinski definition) is 1. The number of phenolic OH excluding ortho intramolecular Hbond substituents is 1. The lowest BCUT2D eigenvalue weighted by Gasteiger charge is -2.17. The molecular weight excluding hydrogens is 506 g/mol. The Labute approximate surface area is 218 Å². The zero-order chi connectivity index (χ0) is 28.8. The molecule has 0 radical (unpaired) electrons. The number of likely N-dealkylation sites (N-methyl/N-ethyl adjacent to an activating group) is 1. The number of nitrogens with zero attached hydrogens (tertiary/aromatic N) is 3. The minimum absolute atomic E-state index is 0.0330. The summed E-state index contributed by atoms with van der Waals surface area (Å²) >= 11 is 0. The minimum Gasteiger partial charge on any atom is -0.499 e. The monoisotopic (exact) mass is 535 g/mol. The molecule has 14 heteroatoms. The van der Waals surface area contributed by atoms with Crippen molar-refractivity contribution in [3.63, 3.8) is 0 Å². The number of nitro groups is 1.